The Balaban J connectivity index is 0. The highest BCUT2D eigenvalue weighted by Crippen LogP contribution is 2.21. The van der Waals surface area contributed by atoms with Crippen LogP contribution in [0.3, 0.4) is 0 Å². The van der Waals surface area contributed by atoms with E-state index in [4.69, 9.17) is 46.0 Å². The van der Waals surface area contributed by atoms with E-state index >= 15 is 0 Å². The van der Waals surface area contributed by atoms with Gasteiger partial charge in [0.05, 0.1) is 11.7 Å². The van der Waals surface area contributed by atoms with Crippen LogP contribution in [0.25, 0.3) is 0 Å². The number of likely N-dealkylation sites (tertiary alicyclic amines) is 1. The molecule has 0 amide bonds. The van der Waals surface area contributed by atoms with Gasteiger partial charge < -0.3 is 56.0 Å². The molecule has 10 N–H and O–H groups in total. The summed E-state index contributed by atoms with van der Waals surface area (Å²) in [5, 5.41) is 83.1. The smallest absolute Gasteiger partial charge is 0.335 e. The predicted molar refractivity (Wildman–Crippen MR) is 147 cm³/mol. The summed E-state index contributed by atoms with van der Waals surface area (Å²) in [4.78, 5) is 54.0. The molecule has 0 saturated carbocycles. The quantitative estimate of drug-likeness (QED) is 0.132. The number of aliphatic hydroxyl groups is 5. The molecule has 0 aromatic heterocycles. The molecule has 7 atom stereocenters. The largest absolute Gasteiger partial charge is 0.479 e. The van der Waals surface area contributed by atoms with Crippen molar-refractivity contribution in [1.82, 2.24) is 9.80 Å². The van der Waals surface area contributed by atoms with Crippen LogP contribution in [0, 0.1) is 5.92 Å². The SMILES string of the molecule is CC1CN(CCN(C)C)C(C)CC1O.O=C(O)C(O)C(O)C(=O)O.O=C(O)C(O)C(O)C(=O)O.O=C(O)c1ccccc1. The molecule has 1 heterocycles. The van der Waals surface area contributed by atoms with E-state index in [-0.39, 0.29) is 6.10 Å². The fourth-order valence-electron chi connectivity index (χ4n) is 3.16. The standard InChI is InChI=1S/C11H24N2O.C7H6O2.2C4H6O6/c1-9-8-13(6-5-12(3)4)10(2)7-11(9)14;8-7(9)6-4-2-1-3-5-6;2*5-1(3(7)8)2(6)4(9)10/h9-11,14H,5-8H2,1-4H3;1-5H,(H,8,9);2*1-2,5-6H,(H,7,8)(H,9,10). The normalized spacial score (nSPS) is 20.7. The zero-order valence-corrected chi connectivity index (χ0v) is 24.2. The molecule has 43 heavy (non-hydrogen) atoms. The van der Waals surface area contributed by atoms with Gasteiger partial charge in [-0.05, 0) is 45.5 Å². The van der Waals surface area contributed by atoms with Gasteiger partial charge in [-0.2, -0.15) is 0 Å². The first-order valence-corrected chi connectivity index (χ1v) is 12.7. The fourth-order valence-corrected chi connectivity index (χ4v) is 3.16. The predicted octanol–water partition coefficient (Wildman–Crippen LogP) is -2.22. The number of aliphatic hydroxyl groups excluding tert-OH is 5. The van der Waals surface area contributed by atoms with Crippen LogP contribution < -0.4 is 0 Å². The number of hydrogen-bond acceptors (Lipinski definition) is 12. The number of benzene rings is 1. The molecule has 1 aromatic carbocycles. The van der Waals surface area contributed by atoms with Crippen LogP contribution in [0.15, 0.2) is 30.3 Å². The van der Waals surface area contributed by atoms with Crippen molar-refractivity contribution in [2.24, 2.45) is 5.92 Å². The molecular formula is C26H42N2O15. The summed E-state index contributed by atoms with van der Waals surface area (Å²) in [6.45, 7) is 7.61. The Kier molecular flexibility index (Phi) is 20.3. The van der Waals surface area contributed by atoms with E-state index in [1.165, 1.54) is 0 Å². The first-order chi connectivity index (χ1) is 19.7. The molecule has 7 unspecified atom stereocenters. The molecule has 2 rings (SSSR count). The summed E-state index contributed by atoms with van der Waals surface area (Å²) in [6.07, 6.45) is -8.24. The molecular weight excluding hydrogens is 580 g/mol. The molecule has 0 aliphatic carbocycles. The molecule has 246 valence electrons. The number of hydrogen-bond donors (Lipinski definition) is 10. The Bertz CT molecular complexity index is 936. The summed E-state index contributed by atoms with van der Waals surface area (Å²) < 4.78 is 0. The maximum Gasteiger partial charge on any atom is 0.335 e. The lowest BCUT2D eigenvalue weighted by Crippen LogP contribution is -2.49. The Morgan fingerprint density at radius 3 is 1.42 bits per heavy atom. The number of carbonyl (C=O) groups is 5. The number of nitrogens with zero attached hydrogens (tertiary/aromatic N) is 2. The topological polar surface area (TPSA) is 294 Å². The molecule has 1 aliphatic heterocycles. The number of piperidine rings is 1. The average Bonchev–Trinajstić information content (AvgIpc) is 2.93. The molecule has 17 heteroatoms. The van der Waals surface area contributed by atoms with Crippen LogP contribution in [0.1, 0.15) is 30.6 Å². The van der Waals surface area contributed by atoms with Crippen molar-refractivity contribution in [2.45, 2.75) is 56.8 Å². The minimum atomic E-state index is -2.27. The van der Waals surface area contributed by atoms with Gasteiger partial charge in [-0.25, -0.2) is 24.0 Å². The molecule has 0 spiro atoms. The van der Waals surface area contributed by atoms with Crippen LogP contribution in [-0.4, -0.2) is 161 Å². The second-order valence-electron chi connectivity index (χ2n) is 9.73. The van der Waals surface area contributed by atoms with Crippen LogP contribution in [-0.2, 0) is 19.2 Å². The number of aliphatic carboxylic acids is 4. The molecule has 17 nitrogen and oxygen atoms in total. The molecule has 1 fully saturated rings. The average molecular weight is 623 g/mol. The van der Waals surface area contributed by atoms with Gasteiger partial charge in [0, 0.05) is 25.7 Å². The van der Waals surface area contributed by atoms with Gasteiger partial charge in [0.2, 0.25) is 0 Å². The lowest BCUT2D eigenvalue weighted by Gasteiger charge is -2.40. The lowest BCUT2D eigenvalue weighted by atomic mass is 9.92. The summed E-state index contributed by atoms with van der Waals surface area (Å²) in [5.74, 6) is -7.53. The third kappa shape index (κ3) is 17.8. The van der Waals surface area contributed by atoms with E-state index in [9.17, 15) is 29.1 Å². The monoisotopic (exact) mass is 622 g/mol. The highest BCUT2D eigenvalue weighted by atomic mass is 16.4. The summed E-state index contributed by atoms with van der Waals surface area (Å²) in [5.41, 5.74) is 0.331. The molecule has 1 saturated heterocycles. The minimum Gasteiger partial charge on any atom is -0.479 e. The van der Waals surface area contributed by atoms with Crippen LogP contribution in [0.4, 0.5) is 0 Å². The van der Waals surface area contributed by atoms with Crippen molar-refractivity contribution < 1.29 is 75.0 Å². The Hall–Kier alpha value is -3.71. The summed E-state index contributed by atoms with van der Waals surface area (Å²) in [6, 6.07) is 8.82. The first kappa shape index (κ1) is 41.4. The Morgan fingerprint density at radius 1 is 0.767 bits per heavy atom. The van der Waals surface area contributed by atoms with Crippen molar-refractivity contribution in [3.63, 3.8) is 0 Å². The molecule has 0 bridgehead atoms. The van der Waals surface area contributed by atoms with Gasteiger partial charge in [0.25, 0.3) is 0 Å². The van der Waals surface area contributed by atoms with Crippen LogP contribution in [0.5, 0.6) is 0 Å². The van der Waals surface area contributed by atoms with E-state index in [1.54, 1.807) is 30.3 Å². The van der Waals surface area contributed by atoms with Crippen molar-refractivity contribution in [1.29, 1.82) is 0 Å². The van der Waals surface area contributed by atoms with Crippen molar-refractivity contribution in [3.8, 4) is 0 Å². The third-order valence-electron chi connectivity index (χ3n) is 5.85. The number of likely N-dealkylation sites (N-methyl/N-ethyl adjacent to an activating group) is 1. The lowest BCUT2D eigenvalue weighted by molar-refractivity contribution is -0.165. The maximum atomic E-state index is 10.2. The minimum absolute atomic E-state index is 0.0967. The molecule has 1 aromatic rings. The zero-order valence-electron chi connectivity index (χ0n) is 24.2. The van der Waals surface area contributed by atoms with Crippen molar-refractivity contribution >= 4 is 29.8 Å². The highest BCUT2D eigenvalue weighted by Gasteiger charge is 2.30. The second-order valence-corrected chi connectivity index (χ2v) is 9.73. The van der Waals surface area contributed by atoms with E-state index < -0.39 is 54.3 Å². The van der Waals surface area contributed by atoms with Gasteiger partial charge >= 0.3 is 29.8 Å². The molecule has 0 radical (unpaired) electrons. The second kappa shape index (κ2) is 21.1. The van der Waals surface area contributed by atoms with Crippen LogP contribution >= 0.6 is 0 Å². The van der Waals surface area contributed by atoms with Crippen LogP contribution in [0.2, 0.25) is 0 Å². The first-order valence-electron chi connectivity index (χ1n) is 12.7. The number of carboxylic acid groups (broad SMARTS) is 5. The Morgan fingerprint density at radius 2 is 1.14 bits per heavy atom. The van der Waals surface area contributed by atoms with Gasteiger partial charge in [-0.3, -0.25) is 4.90 Å². The maximum absolute atomic E-state index is 10.2. The van der Waals surface area contributed by atoms with Crippen molar-refractivity contribution in [2.75, 3.05) is 33.7 Å². The fraction of sp³-hybridized carbons (Fsp3) is 0.577. The number of rotatable bonds is 10. The summed E-state index contributed by atoms with van der Waals surface area (Å²) >= 11 is 0. The van der Waals surface area contributed by atoms with E-state index in [0.29, 0.717) is 17.5 Å². The Labute approximate surface area is 247 Å². The van der Waals surface area contributed by atoms with E-state index in [1.807, 2.05) is 0 Å². The third-order valence-corrected chi connectivity index (χ3v) is 5.85. The van der Waals surface area contributed by atoms with Gasteiger partial charge in [0.15, 0.2) is 24.4 Å². The van der Waals surface area contributed by atoms with Crippen molar-refractivity contribution in [3.05, 3.63) is 35.9 Å². The summed E-state index contributed by atoms with van der Waals surface area (Å²) in [7, 11) is 4.21. The van der Waals surface area contributed by atoms with Gasteiger partial charge in [-0.1, -0.05) is 25.1 Å². The van der Waals surface area contributed by atoms with E-state index in [2.05, 4.69) is 37.7 Å². The van der Waals surface area contributed by atoms with Gasteiger partial charge in [-0.15, -0.1) is 0 Å². The zero-order chi connectivity index (χ0) is 34.0. The van der Waals surface area contributed by atoms with Gasteiger partial charge in [0.1, 0.15) is 0 Å². The number of aromatic carboxylic acids is 1. The van der Waals surface area contributed by atoms with E-state index in [0.717, 1.165) is 26.1 Å². The number of carboxylic acids is 5. The molecule has 1 aliphatic rings. The highest BCUT2D eigenvalue weighted by molar-refractivity contribution is 5.87.